The summed E-state index contributed by atoms with van der Waals surface area (Å²) in [5.74, 6) is 1.94. The molecule has 7 nitrogen and oxygen atoms in total. The molecule has 0 saturated carbocycles. The number of hydrogen-bond acceptors (Lipinski definition) is 6. The quantitative estimate of drug-likeness (QED) is 0.625. The van der Waals surface area contributed by atoms with Crippen molar-refractivity contribution in [2.75, 3.05) is 38.5 Å². The van der Waals surface area contributed by atoms with Crippen LogP contribution in [0.25, 0.3) is 10.9 Å². The minimum absolute atomic E-state index is 0.0163. The molecule has 5 rings (SSSR count). The molecule has 2 aromatic heterocycles. The van der Waals surface area contributed by atoms with Crippen molar-refractivity contribution in [1.29, 1.82) is 0 Å². The zero-order valence-corrected chi connectivity index (χ0v) is 18.2. The lowest BCUT2D eigenvalue weighted by Crippen LogP contribution is -2.49. The maximum atomic E-state index is 12.9. The van der Waals surface area contributed by atoms with Crippen LogP contribution in [0, 0.1) is 0 Å². The molecule has 1 aromatic carbocycles. The monoisotopic (exact) mass is 435 g/mol. The minimum atomic E-state index is -0.0177. The number of aromatic nitrogens is 3. The van der Waals surface area contributed by atoms with Crippen molar-refractivity contribution in [1.82, 2.24) is 24.6 Å². The van der Waals surface area contributed by atoms with Gasteiger partial charge in [-0.05, 0) is 23.4 Å². The number of rotatable bonds is 4. The molecule has 2 aliphatic heterocycles. The van der Waals surface area contributed by atoms with E-state index in [2.05, 4.69) is 15.0 Å². The molecule has 0 N–H and O–H groups in total. The third-order valence-electron chi connectivity index (χ3n) is 6.01. The lowest BCUT2D eigenvalue weighted by molar-refractivity contribution is 0.0626. The van der Waals surface area contributed by atoms with Crippen molar-refractivity contribution in [3.63, 3.8) is 0 Å². The van der Waals surface area contributed by atoms with E-state index in [1.165, 1.54) is 0 Å². The second-order valence-electron chi connectivity index (χ2n) is 8.00. The topological polar surface area (TPSA) is 71.3 Å². The summed E-state index contributed by atoms with van der Waals surface area (Å²) in [4.78, 5) is 34.0. The molecule has 160 valence electrons. The van der Waals surface area contributed by atoms with Crippen molar-refractivity contribution >= 4 is 28.6 Å². The zero-order valence-electron chi connectivity index (χ0n) is 17.4. The summed E-state index contributed by atoms with van der Waals surface area (Å²) in [6.07, 6.45) is 0.934. The van der Waals surface area contributed by atoms with Crippen LogP contribution in [0.4, 0.5) is 0 Å². The molecule has 0 radical (unpaired) electrons. The summed E-state index contributed by atoms with van der Waals surface area (Å²) < 4.78 is 1.60. The number of thioether (sulfide) groups is 1. The van der Waals surface area contributed by atoms with Gasteiger partial charge in [-0.3, -0.25) is 14.5 Å². The van der Waals surface area contributed by atoms with Gasteiger partial charge in [0.25, 0.3) is 11.5 Å². The summed E-state index contributed by atoms with van der Waals surface area (Å²) in [5.41, 5.74) is 3.48. The van der Waals surface area contributed by atoms with E-state index in [9.17, 15) is 9.59 Å². The van der Waals surface area contributed by atoms with Gasteiger partial charge in [-0.15, -0.1) is 0 Å². The first-order chi connectivity index (χ1) is 15.2. The average Bonchev–Trinajstić information content (AvgIpc) is 2.82. The second kappa shape index (κ2) is 8.80. The maximum absolute atomic E-state index is 12.9. The first kappa shape index (κ1) is 20.2. The van der Waals surface area contributed by atoms with Gasteiger partial charge >= 0.3 is 0 Å². The molecular formula is C23H25N5O2S. The van der Waals surface area contributed by atoms with Crippen LogP contribution in [0.15, 0.2) is 47.3 Å². The van der Waals surface area contributed by atoms with Crippen LogP contribution in [0.5, 0.6) is 0 Å². The first-order valence-electron chi connectivity index (χ1n) is 10.7. The number of piperazine rings is 1. The molecular weight excluding hydrogens is 410 g/mol. The van der Waals surface area contributed by atoms with Gasteiger partial charge in [0.15, 0.2) is 0 Å². The average molecular weight is 436 g/mol. The summed E-state index contributed by atoms with van der Waals surface area (Å²) in [6, 6.07) is 13.3. The number of benzene rings is 1. The fraction of sp³-hybridized carbons (Fsp3) is 0.391. The largest absolute Gasteiger partial charge is 0.335 e. The Labute approximate surface area is 185 Å². The Bertz CT molecular complexity index is 1170. The Hall–Kier alpha value is -2.71. The molecule has 0 spiro atoms. The van der Waals surface area contributed by atoms with Gasteiger partial charge < -0.3 is 4.90 Å². The number of fused-ring (bicyclic) bond motifs is 2. The van der Waals surface area contributed by atoms with Gasteiger partial charge in [-0.2, -0.15) is 16.9 Å². The second-order valence-corrected chi connectivity index (χ2v) is 9.11. The summed E-state index contributed by atoms with van der Waals surface area (Å²) in [5, 5.41) is 5.63. The molecule has 8 heteroatoms. The van der Waals surface area contributed by atoms with Crippen molar-refractivity contribution in [2.24, 2.45) is 0 Å². The van der Waals surface area contributed by atoms with E-state index in [4.69, 9.17) is 0 Å². The number of nitrogens with zero attached hydrogens (tertiary/aromatic N) is 5. The maximum Gasteiger partial charge on any atom is 0.272 e. The number of carbonyl (C=O) groups is 1. The van der Waals surface area contributed by atoms with E-state index < -0.39 is 0 Å². The predicted octanol–water partition coefficient (Wildman–Crippen LogP) is 2.04. The number of amides is 1. The Morgan fingerprint density at radius 3 is 2.74 bits per heavy atom. The molecule has 1 saturated heterocycles. The van der Waals surface area contributed by atoms with Gasteiger partial charge in [0.2, 0.25) is 0 Å². The smallest absolute Gasteiger partial charge is 0.272 e. The van der Waals surface area contributed by atoms with E-state index in [1.807, 2.05) is 53.1 Å². The highest BCUT2D eigenvalue weighted by Crippen LogP contribution is 2.21. The molecule has 3 aromatic rings. The normalized spacial score (nSPS) is 17.0. The molecule has 0 bridgehead atoms. The van der Waals surface area contributed by atoms with Gasteiger partial charge in [0.05, 0.1) is 17.8 Å². The Balaban J connectivity index is 1.18. The van der Waals surface area contributed by atoms with Crippen LogP contribution in [0.1, 0.15) is 21.7 Å². The van der Waals surface area contributed by atoms with Crippen molar-refractivity contribution in [2.45, 2.75) is 18.7 Å². The highest BCUT2D eigenvalue weighted by Gasteiger charge is 2.23. The third kappa shape index (κ3) is 4.36. The lowest BCUT2D eigenvalue weighted by Gasteiger charge is -2.34. The van der Waals surface area contributed by atoms with Crippen molar-refractivity contribution in [3.8, 4) is 0 Å². The molecule has 4 heterocycles. The Kier molecular flexibility index (Phi) is 5.74. The number of carbonyl (C=O) groups excluding carboxylic acids is 1. The van der Waals surface area contributed by atoms with E-state index >= 15 is 0 Å². The number of para-hydroxylation sites is 1. The van der Waals surface area contributed by atoms with Crippen molar-refractivity contribution in [3.05, 3.63) is 69.8 Å². The molecule has 1 fully saturated rings. The molecule has 0 aliphatic carbocycles. The summed E-state index contributed by atoms with van der Waals surface area (Å²) >= 11 is 1.86. The van der Waals surface area contributed by atoms with Crippen LogP contribution < -0.4 is 5.56 Å². The number of hydrogen-bond donors (Lipinski definition) is 0. The zero-order chi connectivity index (χ0) is 21.2. The van der Waals surface area contributed by atoms with Crippen molar-refractivity contribution < 1.29 is 4.79 Å². The van der Waals surface area contributed by atoms with E-state index in [0.717, 1.165) is 59.7 Å². The van der Waals surface area contributed by atoms with E-state index in [0.29, 0.717) is 25.3 Å². The fourth-order valence-corrected chi connectivity index (χ4v) is 5.12. The van der Waals surface area contributed by atoms with Crippen LogP contribution in [-0.2, 0) is 18.7 Å². The predicted molar refractivity (Wildman–Crippen MR) is 122 cm³/mol. The van der Waals surface area contributed by atoms with E-state index in [1.54, 1.807) is 10.7 Å². The fourth-order valence-electron chi connectivity index (χ4n) is 4.17. The van der Waals surface area contributed by atoms with Crippen LogP contribution >= 0.6 is 11.8 Å². The lowest BCUT2D eigenvalue weighted by atomic mass is 10.2. The SMILES string of the molecule is O=C(c1ccc2ccccc2n1)N1CCN(CCn2nc3c(cc2=O)CSCC3)CC1. The first-order valence-corrected chi connectivity index (χ1v) is 11.9. The Morgan fingerprint density at radius 1 is 1.03 bits per heavy atom. The Morgan fingerprint density at radius 2 is 1.87 bits per heavy atom. The van der Waals surface area contributed by atoms with Crippen LogP contribution in [0.2, 0.25) is 0 Å². The summed E-state index contributed by atoms with van der Waals surface area (Å²) in [7, 11) is 0. The van der Waals surface area contributed by atoms with Gasteiger partial charge in [-0.1, -0.05) is 24.3 Å². The standard InChI is InChI=1S/C23H25N5O2S/c29-22-15-18-16-31-14-7-20(18)25-28(22)13-10-26-8-11-27(12-9-26)23(30)21-6-5-17-3-1-2-4-19(17)24-21/h1-6,15H,7-14,16H2. The highest BCUT2D eigenvalue weighted by molar-refractivity contribution is 7.98. The molecule has 0 atom stereocenters. The van der Waals surface area contributed by atoms with Gasteiger partial charge in [0, 0.05) is 56.4 Å². The minimum Gasteiger partial charge on any atom is -0.335 e. The summed E-state index contributed by atoms with van der Waals surface area (Å²) in [6.45, 7) is 4.25. The molecule has 1 amide bonds. The molecule has 0 unspecified atom stereocenters. The number of aryl methyl sites for hydroxylation is 1. The van der Waals surface area contributed by atoms with E-state index in [-0.39, 0.29) is 11.5 Å². The van der Waals surface area contributed by atoms with Gasteiger partial charge in [0.1, 0.15) is 5.69 Å². The number of pyridine rings is 1. The third-order valence-corrected chi connectivity index (χ3v) is 7.02. The molecule has 31 heavy (non-hydrogen) atoms. The molecule has 2 aliphatic rings. The highest BCUT2D eigenvalue weighted by atomic mass is 32.2. The van der Waals surface area contributed by atoms with Crippen LogP contribution in [-0.4, -0.2) is 68.9 Å². The van der Waals surface area contributed by atoms with Gasteiger partial charge in [-0.25, -0.2) is 9.67 Å². The van der Waals surface area contributed by atoms with Crippen LogP contribution in [0.3, 0.4) is 0 Å².